The lowest BCUT2D eigenvalue weighted by Gasteiger charge is -2.35. The zero-order valence-corrected chi connectivity index (χ0v) is 18.1. The van der Waals surface area contributed by atoms with Crippen LogP contribution in [0.25, 0.3) is 0 Å². The fourth-order valence-electron chi connectivity index (χ4n) is 3.32. The van der Waals surface area contributed by atoms with Crippen LogP contribution in [0.4, 0.5) is 0 Å². The molecule has 0 spiro atoms. The van der Waals surface area contributed by atoms with Crippen molar-refractivity contribution in [1.29, 1.82) is 0 Å². The largest absolute Gasteiger partial charge is 0.487 e. The first-order valence-electron chi connectivity index (χ1n) is 10.0. The van der Waals surface area contributed by atoms with Crippen molar-refractivity contribution < 1.29 is 33.6 Å². The van der Waals surface area contributed by atoms with Crippen molar-refractivity contribution in [1.82, 2.24) is 0 Å². The van der Waals surface area contributed by atoms with Crippen molar-refractivity contribution in [2.75, 3.05) is 26.4 Å². The summed E-state index contributed by atoms with van der Waals surface area (Å²) in [5.74, 6) is 0.490. The zero-order valence-electron chi connectivity index (χ0n) is 18.1. The smallest absolute Gasteiger partial charge is 0.311 e. The van der Waals surface area contributed by atoms with Crippen molar-refractivity contribution in [2.45, 2.75) is 65.9 Å². The Labute approximate surface area is 172 Å². The molecule has 0 fully saturated rings. The van der Waals surface area contributed by atoms with E-state index in [1.807, 2.05) is 20.8 Å². The van der Waals surface area contributed by atoms with Crippen LogP contribution in [0.3, 0.4) is 0 Å². The molecule has 0 amide bonds. The number of carbonyl (C=O) groups excluding carboxylic acids is 2. The van der Waals surface area contributed by atoms with Crippen LogP contribution in [-0.2, 0) is 25.5 Å². The molecule has 7 nitrogen and oxygen atoms in total. The molecule has 1 aliphatic rings. The highest BCUT2D eigenvalue weighted by Crippen LogP contribution is 2.43. The van der Waals surface area contributed by atoms with Crippen molar-refractivity contribution in [3.05, 3.63) is 22.3 Å². The van der Waals surface area contributed by atoms with Crippen LogP contribution in [0.5, 0.6) is 11.5 Å². The average molecular weight is 408 g/mol. The summed E-state index contributed by atoms with van der Waals surface area (Å²) in [7, 11) is 0. The third-order valence-electron chi connectivity index (χ3n) is 5.14. The van der Waals surface area contributed by atoms with Crippen molar-refractivity contribution in [3.63, 3.8) is 0 Å². The highest BCUT2D eigenvalue weighted by molar-refractivity contribution is 5.80. The molecule has 0 saturated carbocycles. The quantitative estimate of drug-likeness (QED) is 0.382. The molecule has 1 aromatic rings. The minimum atomic E-state index is -0.486. The monoisotopic (exact) mass is 408 g/mol. The van der Waals surface area contributed by atoms with E-state index in [9.17, 15) is 9.59 Å². The summed E-state index contributed by atoms with van der Waals surface area (Å²) in [6.07, 6.45) is 1.64. The molecule has 0 bridgehead atoms. The van der Waals surface area contributed by atoms with Gasteiger partial charge < -0.3 is 24.1 Å². The number of rotatable bonds is 9. The Kier molecular flexibility index (Phi) is 8.05. The van der Waals surface area contributed by atoms with Crippen LogP contribution >= 0.6 is 0 Å². The molecule has 0 aromatic heterocycles. The first-order chi connectivity index (χ1) is 13.7. The maximum absolute atomic E-state index is 12.3. The van der Waals surface area contributed by atoms with Gasteiger partial charge in [-0.05, 0) is 64.2 Å². The van der Waals surface area contributed by atoms with Gasteiger partial charge in [0.2, 0.25) is 0 Å². The van der Waals surface area contributed by atoms with Crippen molar-refractivity contribution >= 4 is 11.9 Å². The Hall–Kier alpha value is -2.12. The van der Waals surface area contributed by atoms with Crippen LogP contribution < -0.4 is 9.47 Å². The van der Waals surface area contributed by atoms with E-state index in [-0.39, 0.29) is 44.9 Å². The molecule has 29 heavy (non-hydrogen) atoms. The van der Waals surface area contributed by atoms with Gasteiger partial charge in [0.05, 0.1) is 32.7 Å². The third kappa shape index (κ3) is 6.18. The molecule has 1 heterocycles. The molecule has 1 N–H and O–H groups in total. The summed E-state index contributed by atoms with van der Waals surface area (Å²) in [5.41, 5.74) is 3.63. The topological polar surface area (TPSA) is 91.3 Å². The van der Waals surface area contributed by atoms with Crippen molar-refractivity contribution in [3.8, 4) is 11.5 Å². The highest BCUT2D eigenvalue weighted by atomic mass is 16.6. The van der Waals surface area contributed by atoms with Crippen LogP contribution in [0.2, 0.25) is 0 Å². The summed E-state index contributed by atoms with van der Waals surface area (Å²) in [5, 5.41) is 8.59. The summed E-state index contributed by atoms with van der Waals surface area (Å²) in [6.45, 7) is 10.4. The second-order valence-electron chi connectivity index (χ2n) is 7.90. The maximum atomic E-state index is 12.3. The fraction of sp³-hybridized carbons (Fsp3) is 0.636. The molecule has 0 unspecified atom stereocenters. The molecule has 0 saturated heterocycles. The molecule has 1 aliphatic heterocycles. The van der Waals surface area contributed by atoms with E-state index in [4.69, 9.17) is 24.1 Å². The summed E-state index contributed by atoms with van der Waals surface area (Å²) < 4.78 is 21.8. The Morgan fingerprint density at radius 2 is 1.69 bits per heavy atom. The number of hydrogen-bond donors (Lipinski definition) is 1. The van der Waals surface area contributed by atoms with E-state index >= 15 is 0 Å². The normalized spacial score (nSPS) is 14.7. The number of hydrogen-bond acceptors (Lipinski definition) is 7. The lowest BCUT2D eigenvalue weighted by Crippen LogP contribution is -2.33. The molecule has 7 heteroatoms. The minimum absolute atomic E-state index is 0.0574. The van der Waals surface area contributed by atoms with E-state index in [2.05, 4.69) is 13.8 Å². The van der Waals surface area contributed by atoms with Gasteiger partial charge in [-0.25, -0.2) is 0 Å². The SMILES string of the molecule is Cc1c(C)c2c(c(C)c1OC(=O)CCC(=O)OCCOCCO)CCC(C)(C)O2. The predicted molar refractivity (Wildman–Crippen MR) is 107 cm³/mol. The Balaban J connectivity index is 1.95. The lowest BCUT2D eigenvalue weighted by atomic mass is 9.88. The first kappa shape index (κ1) is 23.2. The van der Waals surface area contributed by atoms with E-state index in [1.165, 1.54) is 0 Å². The molecule has 0 aliphatic carbocycles. The van der Waals surface area contributed by atoms with Gasteiger partial charge in [-0.2, -0.15) is 0 Å². The lowest BCUT2D eigenvalue weighted by molar-refractivity contribution is -0.148. The molecule has 162 valence electrons. The van der Waals surface area contributed by atoms with E-state index in [0.29, 0.717) is 5.75 Å². The molecule has 0 atom stereocenters. The second-order valence-corrected chi connectivity index (χ2v) is 7.90. The van der Waals surface area contributed by atoms with Crippen LogP contribution in [0, 0.1) is 20.8 Å². The summed E-state index contributed by atoms with van der Waals surface area (Å²) >= 11 is 0. The van der Waals surface area contributed by atoms with Gasteiger partial charge in [-0.3, -0.25) is 9.59 Å². The number of fused-ring (bicyclic) bond motifs is 1. The van der Waals surface area contributed by atoms with Gasteiger partial charge in [0.1, 0.15) is 23.7 Å². The fourth-order valence-corrected chi connectivity index (χ4v) is 3.32. The molecule has 0 radical (unpaired) electrons. The number of aliphatic hydroxyl groups is 1. The van der Waals surface area contributed by atoms with Crippen LogP contribution in [0.15, 0.2) is 0 Å². The minimum Gasteiger partial charge on any atom is -0.487 e. The van der Waals surface area contributed by atoms with E-state index in [0.717, 1.165) is 40.8 Å². The number of ether oxygens (including phenoxy) is 4. The van der Waals surface area contributed by atoms with Crippen LogP contribution in [-0.4, -0.2) is 49.1 Å². The molecular weight excluding hydrogens is 376 g/mol. The summed E-state index contributed by atoms with van der Waals surface area (Å²) in [4.78, 5) is 24.0. The zero-order chi connectivity index (χ0) is 21.6. The van der Waals surface area contributed by atoms with Crippen LogP contribution in [0.1, 0.15) is 55.4 Å². The van der Waals surface area contributed by atoms with Gasteiger partial charge in [0.15, 0.2) is 0 Å². The van der Waals surface area contributed by atoms with Gasteiger partial charge in [-0.1, -0.05) is 0 Å². The van der Waals surface area contributed by atoms with Gasteiger partial charge >= 0.3 is 11.9 Å². The number of aliphatic hydroxyl groups excluding tert-OH is 1. The Bertz CT molecular complexity index is 752. The maximum Gasteiger partial charge on any atom is 0.311 e. The highest BCUT2D eigenvalue weighted by Gasteiger charge is 2.31. The molecule has 2 rings (SSSR count). The number of benzene rings is 1. The second kappa shape index (κ2) is 10.1. The number of carbonyl (C=O) groups is 2. The Morgan fingerprint density at radius 3 is 2.38 bits per heavy atom. The van der Waals surface area contributed by atoms with Gasteiger partial charge in [0, 0.05) is 5.56 Å². The molecule has 1 aromatic carbocycles. The third-order valence-corrected chi connectivity index (χ3v) is 5.14. The predicted octanol–water partition coefficient (Wildman–Crippen LogP) is 2.95. The summed E-state index contributed by atoms with van der Waals surface area (Å²) in [6, 6.07) is 0. The first-order valence-corrected chi connectivity index (χ1v) is 10.0. The van der Waals surface area contributed by atoms with Gasteiger partial charge in [0.25, 0.3) is 0 Å². The van der Waals surface area contributed by atoms with Crippen molar-refractivity contribution in [2.24, 2.45) is 0 Å². The van der Waals surface area contributed by atoms with E-state index in [1.54, 1.807) is 0 Å². The standard InChI is InChI=1S/C22H32O7/c1-14-15(2)21-17(8-9-22(4,5)29-21)16(3)20(14)28-19(25)7-6-18(24)27-13-12-26-11-10-23/h23H,6-13H2,1-5H3. The molecular formula is C22H32O7. The van der Waals surface area contributed by atoms with E-state index < -0.39 is 11.9 Å². The average Bonchev–Trinajstić information content (AvgIpc) is 2.67. The van der Waals surface area contributed by atoms with Gasteiger partial charge in [-0.15, -0.1) is 0 Å². The Morgan fingerprint density at radius 1 is 1.00 bits per heavy atom. The number of esters is 2.